The maximum Gasteiger partial charge on any atom is 0.303 e. The van der Waals surface area contributed by atoms with Gasteiger partial charge in [-0.1, -0.05) is 57.2 Å². The predicted molar refractivity (Wildman–Crippen MR) is 119 cm³/mol. The Morgan fingerprint density at radius 2 is 1.67 bits per heavy atom. The van der Waals surface area contributed by atoms with Crippen molar-refractivity contribution in [2.24, 2.45) is 5.92 Å². The predicted octanol–water partition coefficient (Wildman–Crippen LogP) is 4.80. The molecule has 0 heterocycles. The van der Waals surface area contributed by atoms with Gasteiger partial charge in [0.25, 0.3) is 0 Å². The van der Waals surface area contributed by atoms with Crippen molar-refractivity contribution in [2.45, 2.75) is 70.1 Å². The number of rotatable bonds is 15. The first-order valence-corrected chi connectivity index (χ1v) is 12.7. The minimum absolute atomic E-state index is 0.00792. The number of hydrogen-bond acceptors (Lipinski definition) is 4. The standard InChI is InChI=1S/C22H34ClNO5S/c1-3-5-7-14-24(15-8-6-4-2)22(27)18(12-13-21(25)26)17-30(28,29)20-11-9-10-19(23)16-20/h9-11,16,18H,3-8,12-15,17H2,1-2H3,(H,25,26). The van der Waals surface area contributed by atoms with Crippen LogP contribution in [0.4, 0.5) is 0 Å². The minimum Gasteiger partial charge on any atom is -0.481 e. The van der Waals surface area contributed by atoms with Gasteiger partial charge in [0.05, 0.1) is 16.6 Å². The van der Waals surface area contributed by atoms with Crippen LogP contribution in [0.2, 0.25) is 5.02 Å². The first-order valence-electron chi connectivity index (χ1n) is 10.7. The van der Waals surface area contributed by atoms with Crippen LogP contribution < -0.4 is 0 Å². The molecule has 0 aliphatic heterocycles. The van der Waals surface area contributed by atoms with Crippen molar-refractivity contribution >= 4 is 33.3 Å². The molecule has 1 amide bonds. The number of nitrogens with zero attached hydrogens (tertiary/aromatic N) is 1. The van der Waals surface area contributed by atoms with Gasteiger partial charge in [0.2, 0.25) is 5.91 Å². The number of carbonyl (C=O) groups is 2. The molecule has 0 saturated carbocycles. The average Bonchev–Trinajstić information content (AvgIpc) is 2.69. The molecule has 8 heteroatoms. The van der Waals surface area contributed by atoms with E-state index in [-0.39, 0.29) is 23.6 Å². The summed E-state index contributed by atoms with van der Waals surface area (Å²) < 4.78 is 25.8. The molecule has 0 aromatic heterocycles. The lowest BCUT2D eigenvalue weighted by atomic mass is 10.0. The van der Waals surface area contributed by atoms with E-state index in [9.17, 15) is 18.0 Å². The number of carbonyl (C=O) groups excluding carboxylic acids is 1. The van der Waals surface area contributed by atoms with Gasteiger partial charge >= 0.3 is 5.97 Å². The molecule has 0 aliphatic carbocycles. The zero-order valence-corrected chi connectivity index (χ0v) is 19.6. The third kappa shape index (κ3) is 9.47. The molecule has 1 N–H and O–H groups in total. The van der Waals surface area contributed by atoms with E-state index in [1.165, 1.54) is 12.1 Å². The largest absolute Gasteiger partial charge is 0.481 e. The monoisotopic (exact) mass is 459 g/mol. The van der Waals surface area contributed by atoms with Gasteiger partial charge in [-0.25, -0.2) is 8.42 Å². The Labute approximate surface area is 185 Å². The molecular formula is C22H34ClNO5S. The summed E-state index contributed by atoms with van der Waals surface area (Å²) in [5, 5.41) is 9.39. The van der Waals surface area contributed by atoms with E-state index in [4.69, 9.17) is 16.7 Å². The van der Waals surface area contributed by atoms with Crippen molar-refractivity contribution in [3.05, 3.63) is 29.3 Å². The maximum atomic E-state index is 13.3. The van der Waals surface area contributed by atoms with Crippen molar-refractivity contribution in [3.63, 3.8) is 0 Å². The zero-order chi connectivity index (χ0) is 22.6. The summed E-state index contributed by atoms with van der Waals surface area (Å²) in [6.07, 6.45) is 5.44. The highest BCUT2D eigenvalue weighted by Gasteiger charge is 2.30. The van der Waals surface area contributed by atoms with E-state index in [0.29, 0.717) is 18.1 Å². The SMILES string of the molecule is CCCCCN(CCCCC)C(=O)C(CCC(=O)O)CS(=O)(=O)c1cccc(Cl)c1. The number of amides is 1. The van der Waals surface area contributed by atoms with Crippen LogP contribution >= 0.6 is 11.6 Å². The second-order valence-corrected chi connectivity index (χ2v) is 10.1. The minimum atomic E-state index is -3.78. The Kier molecular flexibility index (Phi) is 12.0. The van der Waals surface area contributed by atoms with Gasteiger partial charge in [-0.05, 0) is 37.5 Å². The molecule has 0 radical (unpaired) electrons. The molecule has 0 spiro atoms. The Hall–Kier alpha value is -1.60. The topological polar surface area (TPSA) is 91.8 Å². The Morgan fingerprint density at radius 1 is 1.07 bits per heavy atom. The van der Waals surface area contributed by atoms with Crippen LogP contribution in [0.25, 0.3) is 0 Å². The summed E-state index contributed by atoms with van der Waals surface area (Å²) in [4.78, 5) is 26.1. The van der Waals surface area contributed by atoms with Crippen LogP contribution in [0.3, 0.4) is 0 Å². The normalized spacial score (nSPS) is 12.5. The lowest BCUT2D eigenvalue weighted by molar-refractivity contribution is -0.138. The molecule has 0 saturated heterocycles. The second kappa shape index (κ2) is 13.7. The Morgan fingerprint density at radius 3 is 2.17 bits per heavy atom. The number of hydrogen-bond donors (Lipinski definition) is 1. The molecule has 1 aromatic rings. The molecule has 1 atom stereocenters. The van der Waals surface area contributed by atoms with E-state index in [0.717, 1.165) is 38.5 Å². The number of aliphatic carboxylic acids is 1. The van der Waals surface area contributed by atoms with E-state index in [1.807, 2.05) is 0 Å². The van der Waals surface area contributed by atoms with E-state index < -0.39 is 27.5 Å². The van der Waals surface area contributed by atoms with E-state index in [2.05, 4.69) is 13.8 Å². The van der Waals surface area contributed by atoms with Crippen LogP contribution in [0.5, 0.6) is 0 Å². The van der Waals surface area contributed by atoms with Crippen LogP contribution in [-0.2, 0) is 19.4 Å². The van der Waals surface area contributed by atoms with Crippen molar-refractivity contribution in [1.29, 1.82) is 0 Å². The van der Waals surface area contributed by atoms with Crippen LogP contribution in [0.1, 0.15) is 65.2 Å². The lowest BCUT2D eigenvalue weighted by Gasteiger charge is -2.27. The van der Waals surface area contributed by atoms with Gasteiger partial charge in [0.15, 0.2) is 9.84 Å². The molecule has 1 aromatic carbocycles. The summed E-state index contributed by atoms with van der Waals surface area (Å²) in [6, 6.07) is 5.93. The molecule has 0 bridgehead atoms. The number of benzene rings is 1. The summed E-state index contributed by atoms with van der Waals surface area (Å²) in [5.41, 5.74) is 0. The average molecular weight is 460 g/mol. The van der Waals surface area contributed by atoms with Gasteiger partial charge in [-0.3, -0.25) is 9.59 Å². The first-order chi connectivity index (χ1) is 14.2. The van der Waals surface area contributed by atoms with Gasteiger partial charge in [0, 0.05) is 24.5 Å². The van der Waals surface area contributed by atoms with Gasteiger partial charge < -0.3 is 10.0 Å². The van der Waals surface area contributed by atoms with Gasteiger partial charge in [0.1, 0.15) is 0 Å². The lowest BCUT2D eigenvalue weighted by Crippen LogP contribution is -2.40. The highest BCUT2D eigenvalue weighted by atomic mass is 35.5. The molecule has 170 valence electrons. The number of carboxylic acids is 1. The van der Waals surface area contributed by atoms with Gasteiger partial charge in [-0.15, -0.1) is 0 Å². The number of carboxylic acid groups (broad SMARTS) is 1. The van der Waals surface area contributed by atoms with E-state index in [1.54, 1.807) is 17.0 Å². The Balaban J connectivity index is 3.06. The molecule has 1 unspecified atom stereocenters. The highest BCUT2D eigenvalue weighted by Crippen LogP contribution is 2.22. The Bertz CT molecular complexity index is 771. The first kappa shape index (κ1) is 26.4. The smallest absolute Gasteiger partial charge is 0.303 e. The molecule has 6 nitrogen and oxygen atoms in total. The molecule has 30 heavy (non-hydrogen) atoms. The van der Waals surface area contributed by atoms with Crippen molar-refractivity contribution in [3.8, 4) is 0 Å². The highest BCUT2D eigenvalue weighted by molar-refractivity contribution is 7.91. The number of halogens is 1. The van der Waals surface area contributed by atoms with Gasteiger partial charge in [-0.2, -0.15) is 0 Å². The fourth-order valence-corrected chi connectivity index (χ4v) is 5.17. The number of unbranched alkanes of at least 4 members (excludes halogenated alkanes) is 4. The van der Waals surface area contributed by atoms with Crippen LogP contribution in [-0.4, -0.2) is 49.1 Å². The maximum absolute atomic E-state index is 13.3. The summed E-state index contributed by atoms with van der Waals surface area (Å²) in [5.74, 6) is -2.63. The molecule has 1 rings (SSSR count). The van der Waals surface area contributed by atoms with E-state index >= 15 is 0 Å². The molecular weight excluding hydrogens is 426 g/mol. The van der Waals surface area contributed by atoms with Crippen LogP contribution in [0.15, 0.2) is 29.2 Å². The molecule has 0 fully saturated rings. The molecule has 0 aliphatic rings. The van der Waals surface area contributed by atoms with Crippen molar-refractivity contribution in [1.82, 2.24) is 4.90 Å². The summed E-state index contributed by atoms with van der Waals surface area (Å²) >= 11 is 5.93. The quantitative estimate of drug-likeness (QED) is 0.380. The third-order valence-electron chi connectivity index (χ3n) is 5.01. The summed E-state index contributed by atoms with van der Waals surface area (Å²) in [6.45, 7) is 5.29. The van der Waals surface area contributed by atoms with Crippen molar-refractivity contribution < 1.29 is 23.1 Å². The fraction of sp³-hybridized carbons (Fsp3) is 0.636. The van der Waals surface area contributed by atoms with Crippen LogP contribution in [0, 0.1) is 5.92 Å². The number of sulfone groups is 1. The third-order valence-corrected chi connectivity index (χ3v) is 7.06. The fourth-order valence-electron chi connectivity index (χ4n) is 3.29. The summed E-state index contributed by atoms with van der Waals surface area (Å²) in [7, 11) is -3.78. The van der Waals surface area contributed by atoms with Crippen molar-refractivity contribution in [2.75, 3.05) is 18.8 Å². The second-order valence-electron chi connectivity index (χ2n) is 7.61. The zero-order valence-electron chi connectivity index (χ0n) is 18.0.